The third-order valence-electron chi connectivity index (χ3n) is 4.21. The van der Waals surface area contributed by atoms with E-state index < -0.39 is 6.10 Å². The number of piperazine rings is 1. The zero-order valence-electron chi connectivity index (χ0n) is 12.9. The first-order valence-electron chi connectivity index (χ1n) is 7.89. The Bertz CT molecular complexity index is 538. The van der Waals surface area contributed by atoms with Gasteiger partial charge in [-0.3, -0.25) is 14.7 Å². The van der Waals surface area contributed by atoms with Gasteiger partial charge in [-0.05, 0) is 18.6 Å². The van der Waals surface area contributed by atoms with Gasteiger partial charge in [0.15, 0.2) is 0 Å². The number of amides is 1. The molecule has 2 aliphatic heterocycles. The van der Waals surface area contributed by atoms with E-state index in [9.17, 15) is 4.79 Å². The Balaban J connectivity index is 1.47. The third kappa shape index (κ3) is 3.44. The minimum Gasteiger partial charge on any atom is -0.382 e. The van der Waals surface area contributed by atoms with Gasteiger partial charge in [-0.2, -0.15) is 0 Å². The van der Waals surface area contributed by atoms with Crippen LogP contribution < -0.4 is 0 Å². The van der Waals surface area contributed by atoms with Gasteiger partial charge in [0, 0.05) is 45.3 Å². The molecule has 2 aliphatic rings. The lowest BCUT2D eigenvalue weighted by molar-refractivity contribution is -0.143. The molecule has 1 fully saturated rings. The minimum absolute atomic E-state index is 0.0738. The predicted octanol–water partition coefficient (Wildman–Crippen LogP) is 1.28. The van der Waals surface area contributed by atoms with Crippen LogP contribution in [0.15, 0.2) is 29.6 Å². The first-order chi connectivity index (χ1) is 10.8. The fraction of sp³-hybridized carbons (Fsp3) is 0.562. The maximum Gasteiger partial charge on any atom is 0.266 e. The van der Waals surface area contributed by atoms with E-state index >= 15 is 0 Å². The lowest BCUT2D eigenvalue weighted by Gasteiger charge is -2.35. The molecule has 0 radical (unpaired) electrons. The van der Waals surface area contributed by atoms with Gasteiger partial charge in [-0.25, -0.2) is 0 Å². The summed E-state index contributed by atoms with van der Waals surface area (Å²) < 4.78 is 0. The summed E-state index contributed by atoms with van der Waals surface area (Å²) in [6.45, 7) is 6.10. The average molecular weight is 302 g/mol. The van der Waals surface area contributed by atoms with Gasteiger partial charge >= 0.3 is 0 Å². The first kappa shape index (κ1) is 15.0. The van der Waals surface area contributed by atoms with Gasteiger partial charge in [-0.15, -0.1) is 0 Å². The largest absolute Gasteiger partial charge is 0.382 e. The number of hydrogen-bond donors (Lipinski definition) is 0. The molecule has 0 saturated carbocycles. The SMILES string of the molecule is CCC1=NOC(C(=O)N2CCN(Cc3ccccn3)CC2)C1. The van der Waals surface area contributed by atoms with Crippen molar-refractivity contribution in [3.05, 3.63) is 30.1 Å². The van der Waals surface area contributed by atoms with E-state index in [1.54, 1.807) is 0 Å². The standard InChI is InChI=1S/C16H22N4O2/c1-2-13-11-15(22-18-13)16(21)20-9-7-19(8-10-20)12-14-5-3-4-6-17-14/h3-6,15H,2,7-12H2,1H3. The molecule has 1 aromatic heterocycles. The molecular formula is C16H22N4O2. The molecule has 1 saturated heterocycles. The number of rotatable bonds is 4. The van der Waals surface area contributed by atoms with Gasteiger partial charge < -0.3 is 9.74 Å². The van der Waals surface area contributed by atoms with Gasteiger partial charge in [0.2, 0.25) is 6.10 Å². The maximum absolute atomic E-state index is 12.4. The molecule has 1 atom stereocenters. The van der Waals surface area contributed by atoms with Crippen LogP contribution in [0.3, 0.4) is 0 Å². The number of aromatic nitrogens is 1. The van der Waals surface area contributed by atoms with Crippen molar-refractivity contribution in [2.24, 2.45) is 5.16 Å². The molecule has 0 aliphatic carbocycles. The number of pyridine rings is 1. The lowest BCUT2D eigenvalue weighted by atomic mass is 10.1. The molecule has 3 rings (SSSR count). The molecule has 1 amide bonds. The molecule has 6 nitrogen and oxygen atoms in total. The van der Waals surface area contributed by atoms with Crippen molar-refractivity contribution in [3.63, 3.8) is 0 Å². The van der Waals surface area contributed by atoms with Gasteiger partial charge in [0.25, 0.3) is 5.91 Å². The normalized spacial score (nSPS) is 22.3. The zero-order chi connectivity index (χ0) is 15.4. The van der Waals surface area contributed by atoms with Gasteiger partial charge in [0.05, 0.1) is 11.4 Å². The Labute approximate surface area is 130 Å². The smallest absolute Gasteiger partial charge is 0.266 e. The van der Waals surface area contributed by atoms with Gasteiger partial charge in [0.1, 0.15) is 0 Å². The highest BCUT2D eigenvalue weighted by Gasteiger charge is 2.32. The predicted molar refractivity (Wildman–Crippen MR) is 83.3 cm³/mol. The molecule has 0 bridgehead atoms. The van der Waals surface area contributed by atoms with Crippen molar-refractivity contribution in [2.45, 2.75) is 32.4 Å². The molecule has 118 valence electrons. The summed E-state index contributed by atoms with van der Waals surface area (Å²) in [6.07, 6.45) is 2.90. The zero-order valence-corrected chi connectivity index (χ0v) is 12.9. The summed E-state index contributed by atoms with van der Waals surface area (Å²) in [5, 5.41) is 3.97. The quantitative estimate of drug-likeness (QED) is 0.841. The van der Waals surface area contributed by atoms with E-state index in [0.717, 1.165) is 50.6 Å². The number of nitrogens with zero attached hydrogens (tertiary/aromatic N) is 4. The summed E-state index contributed by atoms with van der Waals surface area (Å²) >= 11 is 0. The van der Waals surface area contributed by atoms with Crippen molar-refractivity contribution in [1.29, 1.82) is 0 Å². The summed E-state index contributed by atoms with van der Waals surface area (Å²) in [7, 11) is 0. The van der Waals surface area contributed by atoms with Crippen LogP contribution in [-0.4, -0.2) is 58.7 Å². The highest BCUT2D eigenvalue weighted by Crippen LogP contribution is 2.16. The van der Waals surface area contributed by atoms with Crippen LogP contribution in [0.2, 0.25) is 0 Å². The van der Waals surface area contributed by atoms with Crippen LogP contribution in [0.1, 0.15) is 25.5 Å². The molecule has 3 heterocycles. The minimum atomic E-state index is -0.405. The van der Waals surface area contributed by atoms with Crippen LogP contribution in [0.4, 0.5) is 0 Å². The number of carbonyl (C=O) groups is 1. The Morgan fingerprint density at radius 3 is 2.77 bits per heavy atom. The fourth-order valence-corrected chi connectivity index (χ4v) is 2.82. The Morgan fingerprint density at radius 1 is 1.32 bits per heavy atom. The van der Waals surface area contributed by atoms with E-state index in [4.69, 9.17) is 4.84 Å². The van der Waals surface area contributed by atoms with Crippen LogP contribution >= 0.6 is 0 Å². The summed E-state index contributed by atoms with van der Waals surface area (Å²) in [5.74, 6) is 0.0738. The monoisotopic (exact) mass is 302 g/mol. The topological polar surface area (TPSA) is 58.0 Å². The van der Waals surface area contributed by atoms with Crippen LogP contribution in [0.5, 0.6) is 0 Å². The molecule has 0 aromatic carbocycles. The fourth-order valence-electron chi connectivity index (χ4n) is 2.82. The Kier molecular flexibility index (Phi) is 4.68. The second kappa shape index (κ2) is 6.87. The highest BCUT2D eigenvalue weighted by atomic mass is 16.6. The number of hydrogen-bond acceptors (Lipinski definition) is 5. The highest BCUT2D eigenvalue weighted by molar-refractivity contribution is 5.92. The number of carbonyl (C=O) groups excluding carboxylic acids is 1. The third-order valence-corrected chi connectivity index (χ3v) is 4.21. The van der Waals surface area contributed by atoms with E-state index in [-0.39, 0.29) is 5.91 Å². The summed E-state index contributed by atoms with van der Waals surface area (Å²) in [6, 6.07) is 5.96. The van der Waals surface area contributed by atoms with Crippen molar-refractivity contribution >= 4 is 11.6 Å². The molecule has 6 heteroatoms. The van der Waals surface area contributed by atoms with Gasteiger partial charge in [-0.1, -0.05) is 18.1 Å². The molecule has 0 N–H and O–H groups in total. The average Bonchev–Trinajstić information content (AvgIpc) is 3.05. The molecule has 22 heavy (non-hydrogen) atoms. The van der Waals surface area contributed by atoms with Crippen LogP contribution in [0.25, 0.3) is 0 Å². The van der Waals surface area contributed by atoms with E-state index in [0.29, 0.717) is 6.42 Å². The Hall–Kier alpha value is -1.95. The van der Waals surface area contributed by atoms with Crippen molar-refractivity contribution in [3.8, 4) is 0 Å². The molecule has 1 unspecified atom stereocenters. The maximum atomic E-state index is 12.4. The van der Waals surface area contributed by atoms with Crippen LogP contribution in [0, 0.1) is 0 Å². The van der Waals surface area contributed by atoms with E-state index in [1.165, 1.54) is 0 Å². The molecule has 1 aromatic rings. The lowest BCUT2D eigenvalue weighted by Crippen LogP contribution is -2.51. The second-order valence-electron chi connectivity index (χ2n) is 5.73. The van der Waals surface area contributed by atoms with E-state index in [1.807, 2.05) is 36.2 Å². The molecule has 0 spiro atoms. The Morgan fingerprint density at radius 2 is 2.14 bits per heavy atom. The number of oxime groups is 1. The summed E-state index contributed by atoms with van der Waals surface area (Å²) in [4.78, 5) is 26.3. The van der Waals surface area contributed by atoms with Crippen molar-refractivity contribution in [2.75, 3.05) is 26.2 Å². The van der Waals surface area contributed by atoms with Crippen molar-refractivity contribution < 1.29 is 9.63 Å². The molecular weight excluding hydrogens is 280 g/mol. The first-order valence-corrected chi connectivity index (χ1v) is 7.89. The summed E-state index contributed by atoms with van der Waals surface area (Å²) in [5.41, 5.74) is 2.05. The van der Waals surface area contributed by atoms with Crippen LogP contribution in [-0.2, 0) is 16.2 Å². The van der Waals surface area contributed by atoms with Crippen molar-refractivity contribution in [1.82, 2.24) is 14.8 Å². The van der Waals surface area contributed by atoms with E-state index in [2.05, 4.69) is 15.0 Å². The second-order valence-corrected chi connectivity index (χ2v) is 5.73.